The molecule has 2 aliphatic rings. The average molecular weight is 568 g/mol. The highest BCUT2D eigenvalue weighted by atomic mass is 19.3. The first-order valence-corrected chi connectivity index (χ1v) is 15.0. The van der Waals surface area contributed by atoms with E-state index in [1.165, 1.54) is 0 Å². The number of aromatic hydroxyl groups is 1. The molecule has 0 saturated carbocycles. The van der Waals surface area contributed by atoms with Crippen LogP contribution in [0.1, 0.15) is 63.3 Å². The number of alkyl halides is 2. The number of piperidine rings is 2. The topological polar surface area (TPSA) is 73.6 Å². The zero-order valence-electron chi connectivity index (χ0n) is 24.7. The highest BCUT2D eigenvalue weighted by Crippen LogP contribution is 2.43. The molecule has 2 saturated heterocycles. The molecule has 0 radical (unpaired) electrons. The molecule has 41 heavy (non-hydrogen) atoms. The molecule has 0 bridgehead atoms. The van der Waals surface area contributed by atoms with E-state index in [0.717, 1.165) is 43.6 Å². The second-order valence-electron chi connectivity index (χ2n) is 11.9. The molecular formula is C32H43F2N5O2. The van der Waals surface area contributed by atoms with Gasteiger partial charge in [0.05, 0.1) is 17.4 Å². The van der Waals surface area contributed by atoms with Crippen LogP contribution in [0.15, 0.2) is 47.3 Å². The quantitative estimate of drug-likeness (QED) is 0.385. The SMILES string of the molecule is CCC[C@@H](c1nc2ccc(N3CCC(c4cccc(O)c4)(N(C)C)CC3)cc2c(=O)n1CC)[C@@H]1CCNCC1(F)F. The number of hydrogen-bond donors (Lipinski definition) is 2. The van der Waals surface area contributed by atoms with Gasteiger partial charge in [-0.1, -0.05) is 25.5 Å². The normalized spacial score (nSPS) is 21.3. The Morgan fingerprint density at radius 3 is 2.54 bits per heavy atom. The fourth-order valence-corrected chi connectivity index (χ4v) is 7.11. The standard InChI is InChI=1S/C32H43F2N5O2/c1-5-8-25(27-13-16-35-21-32(27,33)34)29-36-28-12-11-23(20-26(28)30(41)39(29)6-2)38-17-14-31(15-18-38,37(3)4)22-9-7-10-24(40)19-22/h7,9-12,19-20,25,27,35,40H,5-6,8,13-18,21H2,1-4H3/t25-,27+/m1/s1. The summed E-state index contributed by atoms with van der Waals surface area (Å²) in [6, 6.07) is 13.3. The second-order valence-corrected chi connectivity index (χ2v) is 11.9. The highest BCUT2D eigenvalue weighted by Gasteiger charge is 2.47. The number of fused-ring (bicyclic) bond motifs is 1. The Labute approximate surface area is 241 Å². The lowest BCUT2D eigenvalue weighted by Gasteiger charge is -2.47. The molecule has 2 aromatic carbocycles. The van der Waals surface area contributed by atoms with Crippen LogP contribution in [0, 0.1) is 5.92 Å². The van der Waals surface area contributed by atoms with Crippen LogP contribution in [0.3, 0.4) is 0 Å². The summed E-state index contributed by atoms with van der Waals surface area (Å²) in [5, 5.41) is 13.5. The predicted molar refractivity (Wildman–Crippen MR) is 160 cm³/mol. The number of benzene rings is 2. The Kier molecular flexibility index (Phi) is 8.39. The minimum Gasteiger partial charge on any atom is -0.508 e. The highest BCUT2D eigenvalue weighted by molar-refractivity contribution is 5.82. The molecule has 0 unspecified atom stereocenters. The minimum absolute atomic E-state index is 0.160. The van der Waals surface area contributed by atoms with Crippen LogP contribution in [0.2, 0.25) is 0 Å². The smallest absolute Gasteiger partial charge is 0.263 e. The predicted octanol–water partition coefficient (Wildman–Crippen LogP) is 5.31. The van der Waals surface area contributed by atoms with E-state index >= 15 is 8.78 Å². The molecule has 1 aromatic heterocycles. The van der Waals surface area contributed by atoms with Gasteiger partial charge in [0.2, 0.25) is 0 Å². The molecule has 3 aromatic rings. The van der Waals surface area contributed by atoms with Gasteiger partial charge in [-0.25, -0.2) is 13.8 Å². The van der Waals surface area contributed by atoms with Crippen LogP contribution in [0.5, 0.6) is 5.75 Å². The maximum Gasteiger partial charge on any atom is 0.263 e. The number of aromatic nitrogens is 2. The van der Waals surface area contributed by atoms with Gasteiger partial charge in [-0.3, -0.25) is 14.3 Å². The van der Waals surface area contributed by atoms with E-state index in [1.54, 1.807) is 10.6 Å². The van der Waals surface area contributed by atoms with E-state index in [-0.39, 0.29) is 23.4 Å². The molecule has 7 nitrogen and oxygen atoms in total. The van der Waals surface area contributed by atoms with Gasteiger partial charge >= 0.3 is 0 Å². The number of hydrogen-bond acceptors (Lipinski definition) is 6. The van der Waals surface area contributed by atoms with Gasteiger partial charge in [-0.2, -0.15) is 0 Å². The van der Waals surface area contributed by atoms with Crippen molar-refractivity contribution in [3.63, 3.8) is 0 Å². The first kappa shape index (κ1) is 29.5. The Hall–Kier alpha value is -3.04. The molecule has 0 aliphatic carbocycles. The summed E-state index contributed by atoms with van der Waals surface area (Å²) in [5.74, 6) is -3.41. The van der Waals surface area contributed by atoms with Crippen molar-refractivity contribution in [2.75, 3.05) is 45.2 Å². The van der Waals surface area contributed by atoms with Crippen LogP contribution in [-0.4, -0.2) is 65.8 Å². The molecule has 9 heteroatoms. The van der Waals surface area contributed by atoms with Gasteiger partial charge in [0, 0.05) is 42.7 Å². The summed E-state index contributed by atoms with van der Waals surface area (Å²) in [6.45, 7) is 6.06. The number of nitrogens with zero attached hydrogens (tertiary/aromatic N) is 4. The van der Waals surface area contributed by atoms with Crippen LogP contribution < -0.4 is 15.8 Å². The van der Waals surface area contributed by atoms with E-state index in [4.69, 9.17) is 4.98 Å². The maximum absolute atomic E-state index is 15.1. The van der Waals surface area contributed by atoms with Crippen LogP contribution in [0.25, 0.3) is 10.9 Å². The Morgan fingerprint density at radius 2 is 1.90 bits per heavy atom. The van der Waals surface area contributed by atoms with Crippen molar-refractivity contribution in [1.29, 1.82) is 0 Å². The number of nitrogens with one attached hydrogen (secondary N) is 1. The molecule has 222 valence electrons. The Bertz CT molecular complexity index is 1430. The number of halogens is 2. The molecule has 5 rings (SSSR count). The fourth-order valence-electron chi connectivity index (χ4n) is 7.11. The summed E-state index contributed by atoms with van der Waals surface area (Å²) in [5.41, 5.74) is 2.28. The van der Waals surface area contributed by atoms with Crippen LogP contribution in [0.4, 0.5) is 14.5 Å². The lowest BCUT2D eigenvalue weighted by atomic mass is 9.79. The number of phenols is 1. The molecule has 2 atom stereocenters. The summed E-state index contributed by atoms with van der Waals surface area (Å²) in [7, 11) is 4.16. The van der Waals surface area contributed by atoms with Crippen molar-refractivity contribution < 1.29 is 13.9 Å². The van der Waals surface area contributed by atoms with E-state index in [2.05, 4.69) is 35.3 Å². The Morgan fingerprint density at radius 1 is 1.15 bits per heavy atom. The average Bonchev–Trinajstić information content (AvgIpc) is 2.96. The van der Waals surface area contributed by atoms with Crippen molar-refractivity contribution in [3.05, 3.63) is 64.2 Å². The van der Waals surface area contributed by atoms with Crippen LogP contribution in [-0.2, 0) is 12.1 Å². The lowest BCUT2D eigenvalue weighted by molar-refractivity contribution is -0.0853. The largest absolute Gasteiger partial charge is 0.508 e. The first-order chi connectivity index (χ1) is 19.6. The van der Waals surface area contributed by atoms with Gasteiger partial charge in [0.25, 0.3) is 11.5 Å². The molecule has 2 N–H and O–H groups in total. The third kappa shape index (κ3) is 5.46. The van der Waals surface area contributed by atoms with E-state index in [1.807, 2.05) is 44.2 Å². The van der Waals surface area contributed by atoms with Crippen molar-refractivity contribution in [2.24, 2.45) is 5.92 Å². The summed E-state index contributed by atoms with van der Waals surface area (Å²) >= 11 is 0. The molecule has 0 spiro atoms. The van der Waals surface area contributed by atoms with E-state index in [9.17, 15) is 9.90 Å². The number of rotatable bonds is 8. The van der Waals surface area contributed by atoms with E-state index < -0.39 is 17.8 Å². The molecule has 2 aliphatic heterocycles. The van der Waals surface area contributed by atoms with Crippen LogP contribution >= 0.6 is 0 Å². The molecule has 2 fully saturated rings. The Balaban J connectivity index is 1.47. The van der Waals surface area contributed by atoms with Gasteiger partial charge in [-0.15, -0.1) is 0 Å². The third-order valence-corrected chi connectivity index (χ3v) is 9.43. The minimum atomic E-state index is -2.85. The van der Waals surface area contributed by atoms with Crippen molar-refractivity contribution in [3.8, 4) is 5.75 Å². The second kappa shape index (κ2) is 11.7. The zero-order valence-corrected chi connectivity index (χ0v) is 24.7. The summed E-state index contributed by atoms with van der Waals surface area (Å²) in [4.78, 5) is 23.3. The van der Waals surface area contributed by atoms with Gasteiger partial charge in [0.1, 0.15) is 11.6 Å². The van der Waals surface area contributed by atoms with E-state index in [0.29, 0.717) is 42.7 Å². The summed E-state index contributed by atoms with van der Waals surface area (Å²) in [6.07, 6.45) is 3.40. The maximum atomic E-state index is 15.1. The monoisotopic (exact) mass is 567 g/mol. The van der Waals surface area contributed by atoms with Crippen molar-refractivity contribution >= 4 is 16.6 Å². The van der Waals surface area contributed by atoms with Crippen molar-refractivity contribution in [1.82, 2.24) is 19.8 Å². The van der Waals surface area contributed by atoms with Crippen molar-refractivity contribution in [2.45, 2.75) is 69.9 Å². The number of phenolic OH excluding ortho intramolecular Hbond substituents is 1. The van der Waals surface area contributed by atoms with Gasteiger partial charge < -0.3 is 15.3 Å². The van der Waals surface area contributed by atoms with Gasteiger partial charge in [0.15, 0.2) is 0 Å². The van der Waals surface area contributed by atoms with Gasteiger partial charge in [-0.05, 0) is 89.1 Å². The zero-order chi connectivity index (χ0) is 29.4. The fraction of sp³-hybridized carbons (Fsp3) is 0.562. The number of anilines is 1. The lowest BCUT2D eigenvalue weighted by Crippen LogP contribution is -2.50. The molecular weight excluding hydrogens is 524 g/mol. The first-order valence-electron chi connectivity index (χ1n) is 15.0. The third-order valence-electron chi connectivity index (χ3n) is 9.43. The molecule has 0 amide bonds. The summed E-state index contributed by atoms with van der Waals surface area (Å²) < 4.78 is 31.8. The molecule has 3 heterocycles.